The number of carbonyl (C=O) groups excluding carboxylic acids is 1. The summed E-state index contributed by atoms with van der Waals surface area (Å²) in [5.41, 5.74) is 1.49. The number of hydrogen-bond donors (Lipinski definition) is 2. The minimum Gasteiger partial charge on any atom is -0.395 e. The van der Waals surface area contributed by atoms with Crippen molar-refractivity contribution in [1.82, 2.24) is 15.1 Å². The molecule has 2 fully saturated rings. The van der Waals surface area contributed by atoms with Gasteiger partial charge < -0.3 is 10.4 Å². The van der Waals surface area contributed by atoms with E-state index in [-0.39, 0.29) is 17.9 Å². The second-order valence-electron chi connectivity index (χ2n) is 7.47. The Kier molecular flexibility index (Phi) is 6.45. The van der Waals surface area contributed by atoms with Gasteiger partial charge in [0.15, 0.2) is 0 Å². The van der Waals surface area contributed by atoms with E-state index in [1.54, 1.807) is 0 Å². The molecule has 3 rings (SSSR count). The van der Waals surface area contributed by atoms with Crippen molar-refractivity contribution < 1.29 is 9.90 Å². The smallest absolute Gasteiger partial charge is 0.234 e. The van der Waals surface area contributed by atoms with Gasteiger partial charge in [-0.15, -0.1) is 0 Å². The second kappa shape index (κ2) is 8.79. The topological polar surface area (TPSA) is 55.8 Å². The molecular formula is C20H31N3O2. The van der Waals surface area contributed by atoms with Gasteiger partial charge in [-0.1, -0.05) is 43.2 Å². The Bertz CT molecular complexity index is 535. The van der Waals surface area contributed by atoms with E-state index in [0.717, 1.165) is 52.1 Å². The molecule has 1 aromatic carbocycles. The van der Waals surface area contributed by atoms with Gasteiger partial charge in [0.2, 0.25) is 5.91 Å². The van der Waals surface area contributed by atoms with Crippen LogP contribution in [0.2, 0.25) is 0 Å². The number of rotatable bonds is 7. The van der Waals surface area contributed by atoms with Crippen molar-refractivity contribution in [3.05, 3.63) is 35.9 Å². The van der Waals surface area contributed by atoms with E-state index in [2.05, 4.69) is 45.4 Å². The van der Waals surface area contributed by atoms with E-state index in [1.165, 1.54) is 18.4 Å². The zero-order valence-electron chi connectivity index (χ0n) is 15.1. The van der Waals surface area contributed by atoms with Gasteiger partial charge in [-0.3, -0.25) is 14.6 Å². The van der Waals surface area contributed by atoms with Crippen LogP contribution in [0.25, 0.3) is 0 Å². The first kappa shape index (κ1) is 18.4. The van der Waals surface area contributed by atoms with Crippen LogP contribution in [0.1, 0.15) is 31.2 Å². The van der Waals surface area contributed by atoms with Crippen LogP contribution in [0.15, 0.2) is 30.3 Å². The van der Waals surface area contributed by atoms with E-state index in [0.29, 0.717) is 6.54 Å². The van der Waals surface area contributed by atoms with Crippen LogP contribution in [0, 0.1) is 0 Å². The highest BCUT2D eigenvalue weighted by Crippen LogP contribution is 2.40. The lowest BCUT2D eigenvalue weighted by molar-refractivity contribution is -0.123. The number of carbonyl (C=O) groups is 1. The van der Waals surface area contributed by atoms with Crippen LogP contribution >= 0.6 is 0 Å². The van der Waals surface area contributed by atoms with E-state index in [4.69, 9.17) is 5.11 Å². The van der Waals surface area contributed by atoms with Gasteiger partial charge in [0.25, 0.3) is 0 Å². The van der Waals surface area contributed by atoms with Crippen LogP contribution in [0.3, 0.4) is 0 Å². The second-order valence-corrected chi connectivity index (χ2v) is 7.47. The van der Waals surface area contributed by atoms with Gasteiger partial charge in [0.05, 0.1) is 13.2 Å². The Morgan fingerprint density at radius 1 is 1.04 bits per heavy atom. The highest BCUT2D eigenvalue weighted by Gasteiger charge is 2.35. The number of amides is 1. The van der Waals surface area contributed by atoms with Crippen molar-refractivity contribution in [3.63, 3.8) is 0 Å². The number of nitrogens with one attached hydrogen (secondary N) is 1. The molecule has 0 bridgehead atoms. The first-order valence-electron chi connectivity index (χ1n) is 9.60. The molecule has 2 N–H and O–H groups in total. The summed E-state index contributed by atoms with van der Waals surface area (Å²) in [7, 11) is 0. The molecule has 0 radical (unpaired) electrons. The summed E-state index contributed by atoms with van der Waals surface area (Å²) in [5, 5.41) is 12.2. The molecule has 0 unspecified atom stereocenters. The first-order chi connectivity index (χ1) is 12.2. The van der Waals surface area contributed by atoms with Gasteiger partial charge in [0, 0.05) is 44.7 Å². The molecule has 1 aromatic rings. The van der Waals surface area contributed by atoms with Crippen molar-refractivity contribution in [2.75, 3.05) is 52.4 Å². The fourth-order valence-electron chi connectivity index (χ4n) is 4.25. The van der Waals surface area contributed by atoms with Crippen LogP contribution < -0.4 is 5.32 Å². The van der Waals surface area contributed by atoms with Gasteiger partial charge in [-0.25, -0.2) is 0 Å². The summed E-state index contributed by atoms with van der Waals surface area (Å²) >= 11 is 0. The molecule has 138 valence electrons. The van der Waals surface area contributed by atoms with Gasteiger partial charge in [-0.2, -0.15) is 0 Å². The fourth-order valence-corrected chi connectivity index (χ4v) is 4.25. The average Bonchev–Trinajstić information content (AvgIpc) is 3.13. The van der Waals surface area contributed by atoms with Crippen LogP contribution in [-0.4, -0.2) is 73.2 Å². The molecule has 1 heterocycles. The predicted molar refractivity (Wildman–Crippen MR) is 99.6 cm³/mol. The fraction of sp³-hybridized carbons (Fsp3) is 0.650. The molecule has 5 nitrogen and oxygen atoms in total. The highest BCUT2D eigenvalue weighted by molar-refractivity contribution is 5.78. The lowest BCUT2D eigenvalue weighted by Crippen LogP contribution is -2.51. The van der Waals surface area contributed by atoms with Crippen molar-refractivity contribution in [1.29, 1.82) is 0 Å². The molecule has 2 aliphatic rings. The monoisotopic (exact) mass is 345 g/mol. The zero-order chi connectivity index (χ0) is 17.5. The number of benzene rings is 1. The number of aliphatic hydroxyl groups excluding tert-OH is 1. The minimum absolute atomic E-state index is 0.122. The van der Waals surface area contributed by atoms with Crippen LogP contribution in [0.5, 0.6) is 0 Å². The standard InChI is InChI=1S/C20H31N3O2/c24-15-14-22-10-12-23(13-11-22)16-19(25)21-17-20(8-4-5-9-20)18-6-2-1-3-7-18/h1-3,6-7,24H,4-5,8-17H2,(H,21,25). The molecule has 1 aliphatic heterocycles. The summed E-state index contributed by atoms with van der Waals surface area (Å²) in [4.78, 5) is 16.9. The molecule has 1 saturated heterocycles. The molecular weight excluding hydrogens is 314 g/mol. The third-order valence-corrected chi connectivity index (χ3v) is 5.82. The SMILES string of the molecule is O=C(CN1CCN(CCO)CC1)NCC1(c2ccccc2)CCCC1. The Morgan fingerprint density at radius 2 is 1.68 bits per heavy atom. The highest BCUT2D eigenvalue weighted by atomic mass is 16.3. The third kappa shape index (κ3) is 4.81. The molecule has 1 amide bonds. The summed E-state index contributed by atoms with van der Waals surface area (Å²) in [6, 6.07) is 10.7. The quantitative estimate of drug-likeness (QED) is 0.780. The number of aliphatic hydroxyl groups is 1. The Labute approximate surface area is 151 Å². The van der Waals surface area contributed by atoms with Gasteiger partial charge >= 0.3 is 0 Å². The Hall–Kier alpha value is -1.43. The maximum absolute atomic E-state index is 12.4. The number of hydrogen-bond acceptors (Lipinski definition) is 4. The van der Waals surface area contributed by atoms with E-state index >= 15 is 0 Å². The van der Waals surface area contributed by atoms with Crippen LogP contribution in [-0.2, 0) is 10.2 Å². The summed E-state index contributed by atoms with van der Waals surface area (Å²) in [5.74, 6) is 0.137. The van der Waals surface area contributed by atoms with Crippen LogP contribution in [0.4, 0.5) is 0 Å². The molecule has 25 heavy (non-hydrogen) atoms. The van der Waals surface area contributed by atoms with Crippen molar-refractivity contribution in [3.8, 4) is 0 Å². The predicted octanol–water partition coefficient (Wildman–Crippen LogP) is 1.22. The molecule has 1 saturated carbocycles. The largest absolute Gasteiger partial charge is 0.395 e. The molecule has 0 spiro atoms. The Balaban J connectivity index is 1.48. The van der Waals surface area contributed by atoms with Crippen molar-refractivity contribution >= 4 is 5.91 Å². The minimum atomic E-state index is 0.122. The van der Waals surface area contributed by atoms with Gasteiger partial charge in [0.1, 0.15) is 0 Å². The normalized spacial score (nSPS) is 21.3. The molecule has 1 aliphatic carbocycles. The van der Waals surface area contributed by atoms with Crippen molar-refractivity contribution in [2.45, 2.75) is 31.1 Å². The first-order valence-corrected chi connectivity index (χ1v) is 9.60. The molecule has 5 heteroatoms. The number of piperazine rings is 1. The summed E-state index contributed by atoms with van der Waals surface area (Å²) in [6.07, 6.45) is 4.82. The number of nitrogens with zero attached hydrogens (tertiary/aromatic N) is 2. The molecule has 0 aromatic heterocycles. The van der Waals surface area contributed by atoms with Crippen molar-refractivity contribution in [2.24, 2.45) is 0 Å². The maximum Gasteiger partial charge on any atom is 0.234 e. The van der Waals surface area contributed by atoms with E-state index < -0.39 is 0 Å². The average molecular weight is 345 g/mol. The maximum atomic E-state index is 12.4. The van der Waals surface area contributed by atoms with E-state index in [1.807, 2.05) is 0 Å². The lowest BCUT2D eigenvalue weighted by Gasteiger charge is -2.34. The Morgan fingerprint density at radius 3 is 2.32 bits per heavy atom. The van der Waals surface area contributed by atoms with E-state index in [9.17, 15) is 4.79 Å². The zero-order valence-corrected chi connectivity index (χ0v) is 15.1. The molecule has 0 atom stereocenters. The third-order valence-electron chi connectivity index (χ3n) is 5.82. The van der Waals surface area contributed by atoms with Gasteiger partial charge in [-0.05, 0) is 18.4 Å². The summed E-state index contributed by atoms with van der Waals surface area (Å²) in [6.45, 7) is 5.85. The summed E-state index contributed by atoms with van der Waals surface area (Å²) < 4.78 is 0. The lowest BCUT2D eigenvalue weighted by atomic mass is 9.79. The number of β-amino-alcohol motifs (C(OH)–C–C–N with tert-alkyl or cyclic N) is 1.